The Hall–Kier alpha value is -1.52. The Morgan fingerprint density at radius 3 is 2.90 bits per heavy atom. The molecule has 0 bridgehead atoms. The summed E-state index contributed by atoms with van der Waals surface area (Å²) in [6.45, 7) is 5.88. The average Bonchev–Trinajstić information content (AvgIpc) is 2.91. The molecule has 3 rings (SSSR count). The van der Waals surface area contributed by atoms with Crippen LogP contribution in [-0.4, -0.2) is 23.1 Å². The quantitative estimate of drug-likeness (QED) is 0.593. The maximum atomic E-state index is 7.98. The fourth-order valence-corrected chi connectivity index (χ4v) is 3.34. The third kappa shape index (κ3) is 2.53. The summed E-state index contributed by atoms with van der Waals surface area (Å²) in [6.07, 6.45) is 4.56. The number of aromatic nitrogens is 1. The second kappa shape index (κ2) is 5.85. The van der Waals surface area contributed by atoms with Gasteiger partial charge in [-0.25, -0.2) is 0 Å². The molecule has 4 heteroatoms. The number of nitrogens with one attached hydrogen (secondary N) is 3. The van der Waals surface area contributed by atoms with Crippen LogP contribution in [0.5, 0.6) is 0 Å². The van der Waals surface area contributed by atoms with Gasteiger partial charge >= 0.3 is 0 Å². The highest BCUT2D eigenvalue weighted by Crippen LogP contribution is 2.32. The minimum Gasteiger partial charge on any atom is -0.361 e. The Kier molecular flexibility index (Phi) is 3.94. The van der Waals surface area contributed by atoms with Gasteiger partial charge in [-0.05, 0) is 48.9 Å². The van der Waals surface area contributed by atoms with Crippen LogP contribution in [0.1, 0.15) is 29.9 Å². The van der Waals surface area contributed by atoms with E-state index < -0.39 is 0 Å². The third-order valence-electron chi connectivity index (χ3n) is 3.96. The van der Waals surface area contributed by atoms with Crippen molar-refractivity contribution < 1.29 is 0 Å². The molecule has 0 unspecified atom stereocenters. The van der Waals surface area contributed by atoms with Gasteiger partial charge in [0, 0.05) is 22.7 Å². The molecule has 3 nitrogen and oxygen atoms in total. The summed E-state index contributed by atoms with van der Waals surface area (Å²) in [4.78, 5) is 3.37. The van der Waals surface area contributed by atoms with Crippen LogP contribution in [-0.2, 0) is 0 Å². The van der Waals surface area contributed by atoms with Crippen LogP contribution in [0.4, 0.5) is 0 Å². The molecular formula is C16H19N3S. The summed E-state index contributed by atoms with van der Waals surface area (Å²) in [6, 6.07) is 6.26. The number of rotatable bonds is 3. The average molecular weight is 285 g/mol. The summed E-state index contributed by atoms with van der Waals surface area (Å²) < 4.78 is 0. The lowest BCUT2D eigenvalue weighted by Crippen LogP contribution is -2.26. The number of piperidine rings is 1. The maximum absolute atomic E-state index is 7.98. The van der Waals surface area contributed by atoms with Gasteiger partial charge in [-0.1, -0.05) is 30.5 Å². The largest absolute Gasteiger partial charge is 0.361 e. The van der Waals surface area contributed by atoms with Crippen molar-refractivity contribution in [1.82, 2.24) is 10.3 Å². The minimum absolute atomic E-state index is 0.542. The van der Waals surface area contributed by atoms with E-state index in [9.17, 15) is 0 Å². The number of hydrogen-bond donors (Lipinski definition) is 3. The standard InChI is InChI=1S/C16H19N3S/c1-2-20-16(17)12-3-4-13-14(10-19-15(13)9-12)11-5-7-18-8-6-11/h2-4,9-11,17-19H,1,5-8H2. The first-order valence-electron chi connectivity index (χ1n) is 6.98. The molecule has 20 heavy (non-hydrogen) atoms. The monoisotopic (exact) mass is 285 g/mol. The maximum Gasteiger partial charge on any atom is 0.0985 e. The lowest BCUT2D eigenvalue weighted by Gasteiger charge is -2.22. The van der Waals surface area contributed by atoms with Gasteiger partial charge in [-0.3, -0.25) is 5.41 Å². The lowest BCUT2D eigenvalue weighted by molar-refractivity contribution is 0.462. The molecular weight excluding hydrogens is 266 g/mol. The van der Waals surface area contributed by atoms with Crippen LogP contribution in [0.3, 0.4) is 0 Å². The van der Waals surface area contributed by atoms with Crippen molar-refractivity contribution >= 4 is 27.7 Å². The zero-order chi connectivity index (χ0) is 13.9. The fraction of sp³-hybridized carbons (Fsp3) is 0.312. The van der Waals surface area contributed by atoms with Crippen molar-refractivity contribution in [1.29, 1.82) is 5.41 Å². The highest BCUT2D eigenvalue weighted by atomic mass is 32.2. The topological polar surface area (TPSA) is 51.7 Å². The molecule has 2 heterocycles. The van der Waals surface area contributed by atoms with Crippen molar-refractivity contribution in [3.63, 3.8) is 0 Å². The van der Waals surface area contributed by atoms with E-state index in [1.165, 1.54) is 35.6 Å². The molecule has 104 valence electrons. The van der Waals surface area contributed by atoms with Crippen molar-refractivity contribution in [3.8, 4) is 0 Å². The molecule has 0 amide bonds. The van der Waals surface area contributed by atoms with Gasteiger partial charge in [0.2, 0.25) is 0 Å². The van der Waals surface area contributed by atoms with Gasteiger partial charge in [-0.15, -0.1) is 0 Å². The van der Waals surface area contributed by atoms with Crippen LogP contribution in [0.2, 0.25) is 0 Å². The predicted octanol–water partition coefficient (Wildman–Crippen LogP) is 3.84. The highest BCUT2D eigenvalue weighted by Gasteiger charge is 2.18. The molecule has 1 aromatic carbocycles. The van der Waals surface area contributed by atoms with Crippen LogP contribution in [0.15, 0.2) is 36.4 Å². The van der Waals surface area contributed by atoms with Gasteiger partial charge in [0.25, 0.3) is 0 Å². The second-order valence-corrected chi connectivity index (χ2v) is 6.12. The Morgan fingerprint density at radius 1 is 1.35 bits per heavy atom. The first-order valence-corrected chi connectivity index (χ1v) is 7.86. The fourth-order valence-electron chi connectivity index (χ4n) is 2.91. The summed E-state index contributed by atoms with van der Waals surface area (Å²) in [5, 5.41) is 14.9. The number of H-pyrrole nitrogens is 1. The van der Waals surface area contributed by atoms with Crippen LogP contribution in [0, 0.1) is 5.41 Å². The van der Waals surface area contributed by atoms with E-state index in [1.807, 2.05) is 6.07 Å². The second-order valence-electron chi connectivity index (χ2n) is 5.14. The predicted molar refractivity (Wildman–Crippen MR) is 87.8 cm³/mol. The molecule has 1 saturated heterocycles. The molecule has 2 aromatic rings. The number of thioether (sulfide) groups is 1. The van der Waals surface area contributed by atoms with E-state index in [2.05, 4.69) is 35.2 Å². The van der Waals surface area contributed by atoms with Crippen LogP contribution < -0.4 is 5.32 Å². The minimum atomic E-state index is 0.542. The molecule has 1 fully saturated rings. The molecule has 0 radical (unpaired) electrons. The Labute approximate surface area is 123 Å². The van der Waals surface area contributed by atoms with Crippen molar-refractivity contribution in [2.45, 2.75) is 18.8 Å². The molecule has 0 aliphatic carbocycles. The zero-order valence-electron chi connectivity index (χ0n) is 11.4. The Bertz CT molecular complexity index is 638. The smallest absolute Gasteiger partial charge is 0.0985 e. The van der Waals surface area contributed by atoms with Crippen LogP contribution >= 0.6 is 11.8 Å². The van der Waals surface area contributed by atoms with Crippen molar-refractivity contribution in [2.24, 2.45) is 0 Å². The first-order chi connectivity index (χ1) is 9.79. The summed E-state index contributed by atoms with van der Waals surface area (Å²) in [5.74, 6) is 0.651. The van der Waals surface area contributed by atoms with Crippen molar-refractivity contribution in [2.75, 3.05) is 13.1 Å². The van der Waals surface area contributed by atoms with Crippen molar-refractivity contribution in [3.05, 3.63) is 47.5 Å². The SMILES string of the molecule is C=CSC(=N)c1ccc2c(C3CCNCC3)c[nH]c2c1. The summed E-state index contributed by atoms with van der Waals surface area (Å²) in [7, 11) is 0. The van der Waals surface area contributed by atoms with E-state index in [-0.39, 0.29) is 0 Å². The van der Waals surface area contributed by atoms with Gasteiger partial charge < -0.3 is 10.3 Å². The van der Waals surface area contributed by atoms with E-state index in [0.717, 1.165) is 24.2 Å². The Balaban J connectivity index is 1.93. The molecule has 1 aromatic heterocycles. The molecule has 0 saturated carbocycles. The normalized spacial score (nSPS) is 16.4. The lowest BCUT2D eigenvalue weighted by atomic mass is 9.90. The third-order valence-corrected chi connectivity index (χ3v) is 4.59. The number of fused-ring (bicyclic) bond motifs is 1. The van der Waals surface area contributed by atoms with Gasteiger partial charge in [0.1, 0.15) is 0 Å². The number of benzene rings is 1. The molecule has 0 spiro atoms. The summed E-state index contributed by atoms with van der Waals surface area (Å²) in [5.41, 5.74) is 3.50. The van der Waals surface area contributed by atoms with Crippen LogP contribution in [0.25, 0.3) is 10.9 Å². The highest BCUT2D eigenvalue weighted by molar-refractivity contribution is 8.16. The van der Waals surface area contributed by atoms with E-state index in [4.69, 9.17) is 5.41 Å². The van der Waals surface area contributed by atoms with Gasteiger partial charge in [0.15, 0.2) is 0 Å². The summed E-state index contributed by atoms with van der Waals surface area (Å²) >= 11 is 1.35. The van der Waals surface area contributed by atoms with Gasteiger partial charge in [-0.2, -0.15) is 0 Å². The Morgan fingerprint density at radius 2 is 2.15 bits per heavy atom. The first kappa shape index (κ1) is 13.5. The molecule has 0 atom stereocenters. The number of aromatic amines is 1. The van der Waals surface area contributed by atoms with E-state index >= 15 is 0 Å². The zero-order valence-corrected chi connectivity index (χ0v) is 12.2. The van der Waals surface area contributed by atoms with E-state index in [1.54, 1.807) is 5.41 Å². The number of hydrogen-bond acceptors (Lipinski definition) is 3. The van der Waals surface area contributed by atoms with Gasteiger partial charge in [0.05, 0.1) is 5.04 Å². The molecule has 3 N–H and O–H groups in total. The molecule has 1 aliphatic rings. The van der Waals surface area contributed by atoms with E-state index in [0.29, 0.717) is 11.0 Å². The molecule has 1 aliphatic heterocycles.